The van der Waals surface area contributed by atoms with Crippen LogP contribution in [0.2, 0.25) is 0 Å². The second-order valence-electron chi connectivity index (χ2n) is 9.41. The Labute approximate surface area is 246 Å². The van der Waals surface area contributed by atoms with Crippen LogP contribution in [0.25, 0.3) is 11.1 Å². The van der Waals surface area contributed by atoms with Gasteiger partial charge in [-0.15, -0.1) is 11.3 Å². The van der Waals surface area contributed by atoms with E-state index in [9.17, 15) is 19.2 Å². The van der Waals surface area contributed by atoms with Crippen molar-refractivity contribution in [2.24, 2.45) is 0 Å². The number of nitrogens with zero attached hydrogens (tertiary/aromatic N) is 1. The number of aromatic nitrogens is 1. The summed E-state index contributed by atoms with van der Waals surface area (Å²) in [6.45, 7) is 2.88. The highest BCUT2D eigenvalue weighted by Gasteiger charge is 2.29. The van der Waals surface area contributed by atoms with E-state index >= 15 is 0 Å². The first-order valence-corrected chi connectivity index (χ1v) is 13.8. The quantitative estimate of drug-likeness (QED) is 0.313. The number of amides is 2. The molecule has 42 heavy (non-hydrogen) atoms. The monoisotopic (exact) mass is 596 g/mol. The number of thiazole rings is 1. The van der Waals surface area contributed by atoms with E-state index in [1.807, 2.05) is 6.07 Å². The maximum Gasteiger partial charge on any atom is 0.357 e. The molecule has 222 valence electrons. The van der Waals surface area contributed by atoms with E-state index in [-0.39, 0.29) is 34.4 Å². The Morgan fingerprint density at radius 2 is 1.79 bits per heavy atom. The minimum Gasteiger partial charge on any atom is -0.493 e. The average Bonchev–Trinajstić information content (AvgIpc) is 3.16. The van der Waals surface area contributed by atoms with Gasteiger partial charge < -0.3 is 34.9 Å². The van der Waals surface area contributed by atoms with Crippen molar-refractivity contribution in [3.05, 3.63) is 56.2 Å². The topological polar surface area (TPSA) is 154 Å². The van der Waals surface area contributed by atoms with Gasteiger partial charge in [-0.2, -0.15) is 0 Å². The molecule has 13 heteroatoms. The fourth-order valence-electron chi connectivity index (χ4n) is 4.93. The Morgan fingerprint density at radius 1 is 1.05 bits per heavy atom. The van der Waals surface area contributed by atoms with Crippen LogP contribution in [0.5, 0.6) is 17.2 Å². The van der Waals surface area contributed by atoms with Gasteiger partial charge >= 0.3 is 5.97 Å². The fourth-order valence-corrected chi connectivity index (χ4v) is 5.75. The van der Waals surface area contributed by atoms with Crippen LogP contribution < -0.4 is 35.6 Å². The van der Waals surface area contributed by atoms with Crippen molar-refractivity contribution in [3.8, 4) is 28.4 Å². The number of benzene rings is 1. The van der Waals surface area contributed by atoms with Crippen LogP contribution >= 0.6 is 11.3 Å². The zero-order chi connectivity index (χ0) is 30.6. The van der Waals surface area contributed by atoms with E-state index in [0.717, 1.165) is 22.5 Å². The Kier molecular flexibility index (Phi) is 9.31. The molecule has 0 saturated heterocycles. The highest BCUT2D eigenvalue weighted by Crippen LogP contribution is 2.50. The Hall–Kier alpha value is -4.65. The molecule has 0 radical (unpaired) electrons. The summed E-state index contributed by atoms with van der Waals surface area (Å²) in [6, 6.07) is 6.23. The largest absolute Gasteiger partial charge is 0.493 e. The van der Waals surface area contributed by atoms with Crippen molar-refractivity contribution in [2.75, 3.05) is 45.6 Å². The zero-order valence-electron chi connectivity index (χ0n) is 24.1. The average molecular weight is 597 g/mol. The van der Waals surface area contributed by atoms with Gasteiger partial charge in [-0.25, -0.2) is 9.78 Å². The number of rotatable bonds is 9. The smallest absolute Gasteiger partial charge is 0.357 e. The van der Waals surface area contributed by atoms with E-state index in [2.05, 4.69) is 20.9 Å². The van der Waals surface area contributed by atoms with Gasteiger partial charge in [0.15, 0.2) is 22.3 Å². The van der Waals surface area contributed by atoms with Crippen LogP contribution in [0.3, 0.4) is 0 Å². The van der Waals surface area contributed by atoms with E-state index < -0.39 is 17.9 Å². The molecule has 0 fully saturated rings. The number of methoxy groups -OCH3 is 4. The number of carbonyl (C=O) groups excluding carboxylic acids is 3. The zero-order valence-corrected chi connectivity index (χ0v) is 24.9. The first-order chi connectivity index (χ1) is 20.1. The SMILES string of the molecule is COC(=O)c1nc(NC(=O)CNc2ccc3c(cc2=O)[C@@H](NC(C)=O)CCc2cc(OC)c(OC)c(OC)c2-3)sc1C. The van der Waals surface area contributed by atoms with E-state index in [0.29, 0.717) is 46.1 Å². The third kappa shape index (κ3) is 6.15. The fraction of sp³-hybridized carbons (Fsp3) is 0.345. The third-order valence-corrected chi connectivity index (χ3v) is 7.66. The molecular formula is C29H32N4O8S. The molecule has 3 aromatic rings. The number of ether oxygens (including phenoxy) is 4. The summed E-state index contributed by atoms with van der Waals surface area (Å²) in [5.74, 6) is 0.0450. The molecule has 1 aliphatic carbocycles. The molecule has 2 amide bonds. The van der Waals surface area contributed by atoms with Gasteiger partial charge in [-0.05, 0) is 54.7 Å². The predicted octanol–water partition coefficient (Wildman–Crippen LogP) is 3.47. The summed E-state index contributed by atoms with van der Waals surface area (Å²) in [4.78, 5) is 54.7. The van der Waals surface area contributed by atoms with Gasteiger partial charge in [0.25, 0.3) is 0 Å². The lowest BCUT2D eigenvalue weighted by molar-refractivity contribution is -0.119. The minimum atomic E-state index is -0.596. The summed E-state index contributed by atoms with van der Waals surface area (Å²) in [6.07, 6.45) is 1.09. The standard InChI is InChI=1S/C29H32N4O8S/c1-14-25(28(37)41-6)33-29(42-14)32-23(36)13-30-20-10-8-17-18(12-21(20)35)19(31-15(2)34)9-7-16-11-22(38-3)26(39-4)27(40-5)24(16)17/h8,10-12,19H,7,9,13H2,1-6H3,(H,30,35)(H,31,34)(H,32,33,36)/t19-/m0/s1. The predicted molar refractivity (Wildman–Crippen MR) is 158 cm³/mol. The molecule has 0 aliphatic heterocycles. The van der Waals surface area contributed by atoms with Crippen LogP contribution in [0.15, 0.2) is 29.1 Å². The maximum absolute atomic E-state index is 13.4. The Bertz CT molecular complexity index is 1600. The maximum atomic E-state index is 13.4. The highest BCUT2D eigenvalue weighted by atomic mass is 32.1. The molecule has 0 spiro atoms. The molecule has 3 N–H and O–H groups in total. The van der Waals surface area contributed by atoms with Crippen LogP contribution in [0.1, 0.15) is 45.9 Å². The van der Waals surface area contributed by atoms with Crippen molar-refractivity contribution in [1.29, 1.82) is 0 Å². The van der Waals surface area contributed by atoms with Crippen molar-refractivity contribution < 1.29 is 33.3 Å². The summed E-state index contributed by atoms with van der Waals surface area (Å²) in [7, 11) is 5.84. The number of hydrogen-bond donors (Lipinski definition) is 3. The molecule has 0 unspecified atom stereocenters. The van der Waals surface area contributed by atoms with Crippen molar-refractivity contribution in [1.82, 2.24) is 10.3 Å². The van der Waals surface area contributed by atoms with Crippen LogP contribution in [-0.2, 0) is 20.7 Å². The summed E-state index contributed by atoms with van der Waals surface area (Å²) < 4.78 is 21.7. The molecule has 0 bridgehead atoms. The van der Waals surface area contributed by atoms with Crippen LogP contribution in [0, 0.1) is 6.92 Å². The molecule has 12 nitrogen and oxygen atoms in total. The summed E-state index contributed by atoms with van der Waals surface area (Å²) in [5, 5.41) is 8.72. The second kappa shape index (κ2) is 12.9. The van der Waals surface area contributed by atoms with Gasteiger partial charge in [-0.1, -0.05) is 6.07 Å². The van der Waals surface area contributed by atoms with E-state index in [1.165, 1.54) is 34.3 Å². The highest BCUT2D eigenvalue weighted by molar-refractivity contribution is 7.16. The van der Waals surface area contributed by atoms with Crippen molar-refractivity contribution in [2.45, 2.75) is 32.7 Å². The lowest BCUT2D eigenvalue weighted by Gasteiger charge is -2.19. The lowest BCUT2D eigenvalue weighted by Crippen LogP contribution is -2.27. The Balaban J connectivity index is 1.72. The number of hydrogen-bond acceptors (Lipinski definition) is 11. The number of fused-ring (bicyclic) bond motifs is 3. The van der Waals surface area contributed by atoms with Crippen molar-refractivity contribution in [3.63, 3.8) is 0 Å². The molecule has 1 atom stereocenters. The normalized spacial score (nSPS) is 13.5. The van der Waals surface area contributed by atoms with Gasteiger partial charge in [0, 0.05) is 17.4 Å². The number of aryl methyl sites for hydroxylation is 2. The van der Waals surface area contributed by atoms with Crippen LogP contribution in [-0.4, -0.2) is 57.8 Å². The molecule has 2 aromatic carbocycles. The second-order valence-corrected chi connectivity index (χ2v) is 10.6. The number of nitrogens with one attached hydrogen (secondary N) is 3. The molecule has 1 heterocycles. The van der Waals surface area contributed by atoms with E-state index in [1.54, 1.807) is 26.2 Å². The number of carbonyl (C=O) groups is 3. The van der Waals surface area contributed by atoms with Gasteiger partial charge in [0.05, 0.1) is 46.7 Å². The van der Waals surface area contributed by atoms with Crippen molar-refractivity contribution >= 4 is 39.9 Å². The summed E-state index contributed by atoms with van der Waals surface area (Å²) in [5.41, 5.74) is 2.82. The molecule has 1 aromatic heterocycles. The molecule has 4 rings (SSSR count). The lowest BCUT2D eigenvalue weighted by atomic mass is 9.95. The van der Waals surface area contributed by atoms with Gasteiger partial charge in [0.1, 0.15) is 0 Å². The molecular weight excluding hydrogens is 564 g/mol. The Morgan fingerprint density at radius 3 is 2.43 bits per heavy atom. The van der Waals surface area contributed by atoms with Gasteiger partial charge in [-0.3, -0.25) is 14.4 Å². The molecule has 0 saturated carbocycles. The molecule has 1 aliphatic rings. The van der Waals surface area contributed by atoms with Crippen LogP contribution in [0.4, 0.5) is 10.8 Å². The summed E-state index contributed by atoms with van der Waals surface area (Å²) >= 11 is 1.14. The van der Waals surface area contributed by atoms with E-state index in [4.69, 9.17) is 18.9 Å². The minimum absolute atomic E-state index is 0.128. The first-order valence-electron chi connectivity index (χ1n) is 13.0. The van der Waals surface area contributed by atoms with Gasteiger partial charge in [0.2, 0.25) is 23.0 Å². The number of esters is 1. The third-order valence-electron chi connectivity index (χ3n) is 6.78. The first kappa shape index (κ1) is 30.3. The number of anilines is 2.